The maximum absolute atomic E-state index is 11.4. The van der Waals surface area contributed by atoms with Crippen LogP contribution in [0.25, 0.3) is 32.7 Å². The highest BCUT2D eigenvalue weighted by molar-refractivity contribution is 6.10. The molecule has 0 bridgehead atoms. The van der Waals surface area contributed by atoms with Gasteiger partial charge in [-0.3, -0.25) is 0 Å². The van der Waals surface area contributed by atoms with Gasteiger partial charge in [0.1, 0.15) is 11.5 Å². The van der Waals surface area contributed by atoms with Crippen LogP contribution in [-0.2, 0) is 9.47 Å². The first-order valence-electron chi connectivity index (χ1n) is 12.7. The molecule has 0 heterocycles. The number of ether oxygens (including phenoxy) is 4. The van der Waals surface area contributed by atoms with Crippen molar-refractivity contribution in [2.24, 2.45) is 0 Å². The number of aliphatic hydroxyl groups is 1. The molecule has 0 fully saturated rings. The molecule has 36 heavy (non-hydrogen) atoms. The lowest BCUT2D eigenvalue weighted by molar-refractivity contribution is 0.0476. The number of benzene rings is 4. The van der Waals surface area contributed by atoms with Crippen molar-refractivity contribution in [2.45, 2.75) is 45.1 Å². The largest absolute Gasteiger partial charge is 0.467 e. The molecule has 1 unspecified atom stereocenters. The van der Waals surface area contributed by atoms with Gasteiger partial charge in [-0.1, -0.05) is 87.2 Å². The lowest BCUT2D eigenvalue weighted by atomic mass is 9.88. The Morgan fingerprint density at radius 2 is 1.39 bits per heavy atom. The molecule has 5 nitrogen and oxygen atoms in total. The molecule has 0 saturated heterocycles. The van der Waals surface area contributed by atoms with E-state index in [-0.39, 0.29) is 13.6 Å². The van der Waals surface area contributed by atoms with Gasteiger partial charge >= 0.3 is 0 Å². The van der Waals surface area contributed by atoms with Crippen LogP contribution in [0.2, 0.25) is 0 Å². The maximum Gasteiger partial charge on any atom is 0.188 e. The number of methoxy groups -OCH3 is 2. The van der Waals surface area contributed by atoms with Gasteiger partial charge in [-0.2, -0.15) is 0 Å². The second kappa shape index (κ2) is 12.7. The predicted octanol–water partition coefficient (Wildman–Crippen LogP) is 7.63. The summed E-state index contributed by atoms with van der Waals surface area (Å²) in [6.45, 7) is 2.38. The Hall–Kier alpha value is -3.12. The first-order valence-corrected chi connectivity index (χ1v) is 12.7. The molecule has 4 aromatic rings. The quantitative estimate of drug-likeness (QED) is 0.155. The number of rotatable bonds is 13. The van der Waals surface area contributed by atoms with Crippen LogP contribution < -0.4 is 9.47 Å². The van der Waals surface area contributed by atoms with Crippen LogP contribution >= 0.6 is 0 Å². The number of hydrogen-bond donors (Lipinski definition) is 1. The molecule has 4 aromatic carbocycles. The molecule has 0 aliphatic heterocycles. The molecular weight excluding hydrogens is 452 g/mol. The summed E-state index contributed by atoms with van der Waals surface area (Å²) in [4.78, 5) is 0. The molecule has 0 amide bonds. The van der Waals surface area contributed by atoms with Gasteiger partial charge in [-0.25, -0.2) is 0 Å². The lowest BCUT2D eigenvalue weighted by Crippen LogP contribution is -2.08. The Balaban J connectivity index is 2.00. The number of aliphatic hydroxyl groups excluding tert-OH is 1. The van der Waals surface area contributed by atoms with E-state index >= 15 is 0 Å². The number of hydrogen-bond acceptors (Lipinski definition) is 5. The monoisotopic (exact) mass is 488 g/mol. The molecule has 190 valence electrons. The van der Waals surface area contributed by atoms with Crippen LogP contribution in [-0.4, -0.2) is 32.9 Å². The number of fused-ring (bicyclic) bond motifs is 2. The minimum Gasteiger partial charge on any atom is -0.467 e. The highest BCUT2D eigenvalue weighted by Gasteiger charge is 2.25. The fraction of sp³-hybridized carbons (Fsp3) is 0.355. The fourth-order valence-electron chi connectivity index (χ4n) is 4.79. The van der Waals surface area contributed by atoms with Crippen molar-refractivity contribution in [3.8, 4) is 22.6 Å². The van der Waals surface area contributed by atoms with E-state index in [1.165, 1.54) is 6.42 Å². The number of unbranched alkanes of at least 4 members (excludes halogenated alkanes) is 3. The molecule has 0 aliphatic rings. The van der Waals surface area contributed by atoms with Gasteiger partial charge in [-0.15, -0.1) is 0 Å². The molecule has 0 aromatic heterocycles. The van der Waals surface area contributed by atoms with Crippen molar-refractivity contribution in [1.82, 2.24) is 0 Å². The summed E-state index contributed by atoms with van der Waals surface area (Å²) in [5.74, 6) is 1.31. The molecule has 0 radical (unpaired) electrons. The van der Waals surface area contributed by atoms with Crippen LogP contribution in [0.5, 0.6) is 11.5 Å². The van der Waals surface area contributed by atoms with Crippen LogP contribution in [0, 0.1) is 0 Å². The second-order valence-electron chi connectivity index (χ2n) is 9.02. The Morgan fingerprint density at radius 3 is 2.11 bits per heavy atom. The SMILES string of the molecule is CCCCCCC(O)c1cc2ccccc2c(-c2c(OCOC)ccc3ccccc23)c1OCOC. The van der Waals surface area contributed by atoms with E-state index in [4.69, 9.17) is 18.9 Å². The summed E-state index contributed by atoms with van der Waals surface area (Å²) in [5, 5.41) is 15.6. The van der Waals surface area contributed by atoms with Gasteiger partial charge < -0.3 is 24.1 Å². The van der Waals surface area contributed by atoms with E-state index < -0.39 is 6.10 Å². The zero-order valence-electron chi connectivity index (χ0n) is 21.5. The van der Waals surface area contributed by atoms with Crippen molar-refractivity contribution >= 4 is 21.5 Å². The van der Waals surface area contributed by atoms with E-state index in [0.29, 0.717) is 17.9 Å². The van der Waals surface area contributed by atoms with Gasteiger partial charge in [0.15, 0.2) is 13.6 Å². The van der Waals surface area contributed by atoms with E-state index in [1.54, 1.807) is 14.2 Å². The third kappa shape index (κ3) is 5.65. The van der Waals surface area contributed by atoms with Crippen molar-refractivity contribution in [3.63, 3.8) is 0 Å². The molecule has 4 rings (SSSR count). The van der Waals surface area contributed by atoms with Crippen LogP contribution in [0.15, 0.2) is 66.7 Å². The average Bonchev–Trinajstić information content (AvgIpc) is 2.92. The van der Waals surface area contributed by atoms with Crippen LogP contribution in [0.3, 0.4) is 0 Å². The van der Waals surface area contributed by atoms with Gasteiger partial charge in [0.05, 0.1) is 6.10 Å². The Kier molecular flexibility index (Phi) is 9.17. The molecule has 0 saturated carbocycles. The van der Waals surface area contributed by atoms with Gasteiger partial charge in [0.25, 0.3) is 0 Å². The maximum atomic E-state index is 11.4. The normalized spacial score (nSPS) is 12.2. The highest BCUT2D eigenvalue weighted by atomic mass is 16.7. The fourth-order valence-corrected chi connectivity index (χ4v) is 4.79. The summed E-state index contributed by atoms with van der Waals surface area (Å²) >= 11 is 0. The molecule has 0 aliphatic carbocycles. The molecular formula is C31H36O5. The summed E-state index contributed by atoms with van der Waals surface area (Å²) in [7, 11) is 3.21. The summed E-state index contributed by atoms with van der Waals surface area (Å²) in [6.07, 6.45) is 4.39. The van der Waals surface area contributed by atoms with Crippen molar-refractivity contribution in [3.05, 3.63) is 72.3 Å². The van der Waals surface area contributed by atoms with Gasteiger partial charge in [-0.05, 0) is 40.1 Å². The summed E-state index contributed by atoms with van der Waals surface area (Å²) in [6, 6.07) is 22.5. The van der Waals surface area contributed by atoms with Gasteiger partial charge in [0, 0.05) is 30.9 Å². The minimum atomic E-state index is -0.657. The third-order valence-corrected chi connectivity index (χ3v) is 6.51. The first kappa shape index (κ1) is 26.0. The third-order valence-electron chi connectivity index (χ3n) is 6.51. The zero-order valence-corrected chi connectivity index (χ0v) is 21.5. The first-order chi connectivity index (χ1) is 17.7. The van der Waals surface area contributed by atoms with Crippen LogP contribution in [0.1, 0.15) is 50.7 Å². The van der Waals surface area contributed by atoms with E-state index in [2.05, 4.69) is 37.3 Å². The Labute approximate surface area is 213 Å². The topological polar surface area (TPSA) is 57.2 Å². The average molecular weight is 489 g/mol. The Morgan fingerprint density at radius 1 is 0.722 bits per heavy atom. The summed E-state index contributed by atoms with van der Waals surface area (Å²) < 4.78 is 22.9. The van der Waals surface area contributed by atoms with Crippen molar-refractivity contribution < 1.29 is 24.1 Å². The molecule has 5 heteroatoms. The molecule has 1 atom stereocenters. The predicted molar refractivity (Wildman–Crippen MR) is 146 cm³/mol. The van der Waals surface area contributed by atoms with Crippen molar-refractivity contribution in [2.75, 3.05) is 27.8 Å². The second-order valence-corrected chi connectivity index (χ2v) is 9.02. The molecule has 0 spiro atoms. The zero-order chi connectivity index (χ0) is 25.3. The van der Waals surface area contributed by atoms with Gasteiger partial charge in [0.2, 0.25) is 0 Å². The highest BCUT2D eigenvalue weighted by Crippen LogP contribution is 2.48. The Bertz CT molecular complexity index is 1280. The standard InChI is InChI=1S/C31H36O5/c1-4-5-6-7-16-27(32)26-19-23-13-9-11-15-25(23)30(31(26)36-21-34-3)29-24-14-10-8-12-22(24)17-18-28(29)35-20-33-2/h8-15,17-19,27,32H,4-7,16,20-21H2,1-3H3. The van der Waals surface area contributed by atoms with Crippen LogP contribution in [0.4, 0.5) is 0 Å². The summed E-state index contributed by atoms with van der Waals surface area (Å²) in [5.41, 5.74) is 2.56. The van der Waals surface area contributed by atoms with E-state index in [1.807, 2.05) is 36.4 Å². The minimum absolute atomic E-state index is 0.0694. The smallest absolute Gasteiger partial charge is 0.188 e. The molecule has 1 N–H and O–H groups in total. The lowest BCUT2D eigenvalue weighted by Gasteiger charge is -2.23. The van der Waals surface area contributed by atoms with E-state index in [0.717, 1.165) is 57.5 Å². The van der Waals surface area contributed by atoms with Crippen molar-refractivity contribution in [1.29, 1.82) is 0 Å². The van der Waals surface area contributed by atoms with E-state index in [9.17, 15) is 5.11 Å².